The van der Waals surface area contributed by atoms with Gasteiger partial charge in [-0.2, -0.15) is 0 Å². The molecular formula is C17H22F2O2. The highest BCUT2D eigenvalue weighted by atomic mass is 19.1. The minimum atomic E-state index is -0.441. The molecule has 0 aliphatic carbocycles. The van der Waals surface area contributed by atoms with Gasteiger partial charge in [-0.25, -0.2) is 8.78 Å². The first-order valence-corrected chi connectivity index (χ1v) is 7.60. The maximum absolute atomic E-state index is 13.7. The van der Waals surface area contributed by atoms with Crippen molar-refractivity contribution in [3.63, 3.8) is 0 Å². The van der Waals surface area contributed by atoms with Gasteiger partial charge in [0.1, 0.15) is 11.6 Å². The number of fused-ring (bicyclic) bond motifs is 2. The van der Waals surface area contributed by atoms with E-state index in [1.807, 2.05) is 0 Å². The van der Waals surface area contributed by atoms with Crippen LogP contribution in [0, 0.1) is 17.6 Å². The molecule has 1 aromatic rings. The van der Waals surface area contributed by atoms with Crippen molar-refractivity contribution in [3.8, 4) is 0 Å². The zero-order valence-electron chi connectivity index (χ0n) is 12.8. The topological polar surface area (TPSA) is 18.5 Å². The predicted octanol–water partition coefficient (Wildman–Crippen LogP) is 4.22. The minimum Gasteiger partial charge on any atom is -0.370 e. The second kappa shape index (κ2) is 5.03. The van der Waals surface area contributed by atoms with Crippen LogP contribution >= 0.6 is 0 Å². The van der Waals surface area contributed by atoms with E-state index in [1.54, 1.807) is 0 Å². The van der Waals surface area contributed by atoms with Crippen molar-refractivity contribution in [1.29, 1.82) is 0 Å². The molecule has 0 N–H and O–H groups in total. The van der Waals surface area contributed by atoms with Crippen LogP contribution in [0.2, 0.25) is 0 Å². The van der Waals surface area contributed by atoms with E-state index in [-0.39, 0.29) is 29.5 Å². The molecule has 21 heavy (non-hydrogen) atoms. The van der Waals surface area contributed by atoms with Crippen molar-refractivity contribution >= 4 is 0 Å². The van der Waals surface area contributed by atoms with Gasteiger partial charge in [0.05, 0.1) is 23.9 Å². The third kappa shape index (κ3) is 2.49. The first-order chi connectivity index (χ1) is 9.85. The Kier molecular flexibility index (Phi) is 3.57. The fraction of sp³-hybridized carbons (Fsp3) is 0.647. The number of rotatable bonds is 4. The van der Waals surface area contributed by atoms with Crippen LogP contribution in [0.5, 0.6) is 0 Å². The van der Waals surface area contributed by atoms with Crippen LogP contribution < -0.4 is 0 Å². The van der Waals surface area contributed by atoms with Gasteiger partial charge in [0.15, 0.2) is 0 Å². The Balaban J connectivity index is 1.71. The maximum atomic E-state index is 13.7. The molecule has 2 fully saturated rings. The van der Waals surface area contributed by atoms with Crippen LogP contribution in [-0.4, -0.2) is 17.3 Å². The predicted molar refractivity (Wildman–Crippen MR) is 75.8 cm³/mol. The lowest BCUT2D eigenvalue weighted by Crippen LogP contribution is -2.38. The molecule has 0 radical (unpaired) electrons. The Morgan fingerprint density at radius 1 is 1.33 bits per heavy atom. The van der Waals surface area contributed by atoms with Gasteiger partial charge in [-0.1, -0.05) is 13.8 Å². The quantitative estimate of drug-likeness (QED) is 0.828. The van der Waals surface area contributed by atoms with E-state index in [0.717, 1.165) is 31.4 Å². The molecule has 2 aliphatic heterocycles. The minimum absolute atomic E-state index is 0.0590. The van der Waals surface area contributed by atoms with E-state index in [4.69, 9.17) is 9.47 Å². The van der Waals surface area contributed by atoms with Crippen molar-refractivity contribution in [2.24, 2.45) is 5.92 Å². The highest BCUT2D eigenvalue weighted by Crippen LogP contribution is 2.55. The van der Waals surface area contributed by atoms with Gasteiger partial charge in [0.25, 0.3) is 0 Å². The van der Waals surface area contributed by atoms with Crippen LogP contribution in [-0.2, 0) is 16.1 Å². The SMILES string of the molecule is CC(C)C12CCC(C)(O1)C(OCc1cc(F)ccc1F)C2. The summed E-state index contributed by atoms with van der Waals surface area (Å²) in [5.74, 6) is -0.438. The lowest BCUT2D eigenvalue weighted by molar-refractivity contribution is -0.0962. The zero-order chi connectivity index (χ0) is 15.3. The number of benzene rings is 1. The van der Waals surface area contributed by atoms with E-state index < -0.39 is 11.6 Å². The summed E-state index contributed by atoms with van der Waals surface area (Å²) >= 11 is 0. The third-order valence-electron chi connectivity index (χ3n) is 5.19. The summed E-state index contributed by atoms with van der Waals surface area (Å²) < 4.78 is 39.0. The van der Waals surface area contributed by atoms with Gasteiger partial charge in [-0.05, 0) is 43.9 Å². The van der Waals surface area contributed by atoms with Crippen molar-refractivity contribution in [2.75, 3.05) is 0 Å². The number of hydrogen-bond donors (Lipinski definition) is 0. The van der Waals surface area contributed by atoms with Crippen LogP contribution in [0.1, 0.15) is 45.6 Å². The molecule has 2 bridgehead atoms. The summed E-state index contributed by atoms with van der Waals surface area (Å²) in [4.78, 5) is 0. The van der Waals surface area contributed by atoms with Crippen LogP contribution in [0.25, 0.3) is 0 Å². The van der Waals surface area contributed by atoms with Crippen LogP contribution in [0.3, 0.4) is 0 Å². The molecule has 0 saturated carbocycles. The standard InChI is InChI=1S/C17H22F2O2/c1-11(2)17-7-6-16(3,21-17)15(9-17)20-10-12-8-13(18)4-5-14(12)19/h4-5,8,11,15H,6-7,9-10H2,1-3H3. The molecule has 116 valence electrons. The van der Waals surface area contributed by atoms with E-state index >= 15 is 0 Å². The lowest BCUT2D eigenvalue weighted by Gasteiger charge is -2.31. The van der Waals surface area contributed by atoms with Gasteiger partial charge in [-0.3, -0.25) is 0 Å². The molecule has 3 unspecified atom stereocenters. The summed E-state index contributed by atoms with van der Waals surface area (Å²) in [6, 6.07) is 3.46. The number of halogens is 2. The van der Waals surface area contributed by atoms with E-state index in [1.165, 1.54) is 6.07 Å². The fourth-order valence-corrected chi connectivity index (χ4v) is 3.65. The first-order valence-electron chi connectivity index (χ1n) is 7.60. The molecule has 0 spiro atoms. The Bertz CT molecular complexity index is 546. The van der Waals surface area contributed by atoms with Gasteiger partial charge in [0.2, 0.25) is 0 Å². The molecule has 4 heteroatoms. The smallest absolute Gasteiger partial charge is 0.128 e. The molecule has 1 aromatic carbocycles. The summed E-state index contributed by atoms with van der Waals surface area (Å²) in [5.41, 5.74) is -0.145. The Hall–Kier alpha value is -1.00. The van der Waals surface area contributed by atoms with Gasteiger partial charge < -0.3 is 9.47 Å². The second-order valence-corrected chi connectivity index (χ2v) is 6.87. The number of hydrogen-bond acceptors (Lipinski definition) is 2. The van der Waals surface area contributed by atoms with Gasteiger partial charge >= 0.3 is 0 Å². The monoisotopic (exact) mass is 296 g/mol. The van der Waals surface area contributed by atoms with Gasteiger partial charge in [0, 0.05) is 12.0 Å². The zero-order valence-corrected chi connectivity index (χ0v) is 12.8. The molecule has 3 rings (SSSR count). The number of ether oxygens (including phenoxy) is 2. The third-order valence-corrected chi connectivity index (χ3v) is 5.19. The summed E-state index contributed by atoms with van der Waals surface area (Å²) in [5, 5.41) is 0. The molecule has 0 aromatic heterocycles. The average Bonchev–Trinajstić information content (AvgIpc) is 2.92. The Labute approximate surface area is 124 Å². The van der Waals surface area contributed by atoms with Crippen molar-refractivity contribution in [1.82, 2.24) is 0 Å². The normalized spacial score (nSPS) is 34.9. The highest BCUT2D eigenvalue weighted by molar-refractivity contribution is 5.18. The summed E-state index contributed by atoms with van der Waals surface area (Å²) in [6.07, 6.45) is 2.78. The fourth-order valence-electron chi connectivity index (χ4n) is 3.65. The van der Waals surface area contributed by atoms with Crippen LogP contribution in [0.4, 0.5) is 8.78 Å². The maximum Gasteiger partial charge on any atom is 0.128 e. The van der Waals surface area contributed by atoms with Crippen molar-refractivity contribution in [2.45, 2.75) is 63.9 Å². The van der Waals surface area contributed by atoms with E-state index in [2.05, 4.69) is 20.8 Å². The van der Waals surface area contributed by atoms with Crippen molar-refractivity contribution < 1.29 is 18.3 Å². The van der Waals surface area contributed by atoms with Crippen molar-refractivity contribution in [3.05, 3.63) is 35.4 Å². The Morgan fingerprint density at radius 3 is 2.76 bits per heavy atom. The molecule has 2 heterocycles. The second-order valence-electron chi connectivity index (χ2n) is 6.87. The molecule has 2 nitrogen and oxygen atoms in total. The lowest BCUT2D eigenvalue weighted by atomic mass is 9.75. The average molecular weight is 296 g/mol. The Morgan fingerprint density at radius 2 is 2.10 bits per heavy atom. The molecule has 0 amide bonds. The van der Waals surface area contributed by atoms with E-state index in [9.17, 15) is 8.78 Å². The van der Waals surface area contributed by atoms with E-state index in [0.29, 0.717) is 5.92 Å². The largest absolute Gasteiger partial charge is 0.370 e. The molecule has 3 atom stereocenters. The summed E-state index contributed by atoms with van der Waals surface area (Å²) in [6.45, 7) is 6.48. The molecule has 2 saturated heterocycles. The highest BCUT2D eigenvalue weighted by Gasteiger charge is 2.60. The van der Waals surface area contributed by atoms with Gasteiger partial charge in [-0.15, -0.1) is 0 Å². The molecule has 2 aliphatic rings. The molecular weight excluding hydrogens is 274 g/mol. The first kappa shape index (κ1) is 14.9. The van der Waals surface area contributed by atoms with Crippen LogP contribution in [0.15, 0.2) is 18.2 Å². The summed E-state index contributed by atoms with van der Waals surface area (Å²) in [7, 11) is 0.